The average Bonchev–Trinajstić information content (AvgIpc) is 3.31. The molecule has 24 heavy (non-hydrogen) atoms. The summed E-state index contributed by atoms with van der Waals surface area (Å²) in [6.45, 7) is 2.24. The van der Waals surface area contributed by atoms with Crippen molar-refractivity contribution in [1.29, 1.82) is 0 Å². The fraction of sp³-hybridized carbons (Fsp3) is 0.632. The summed E-state index contributed by atoms with van der Waals surface area (Å²) < 4.78 is 2.62. The molecule has 5 heteroatoms. The van der Waals surface area contributed by atoms with Gasteiger partial charge in [0.05, 0.1) is 0 Å². The molecule has 1 aromatic carbocycles. The van der Waals surface area contributed by atoms with Crippen molar-refractivity contribution in [2.75, 3.05) is 32.5 Å². The van der Waals surface area contributed by atoms with E-state index in [1.165, 1.54) is 62.6 Å². The lowest BCUT2D eigenvalue weighted by Crippen LogP contribution is -2.17. The van der Waals surface area contributed by atoms with Crippen LogP contribution in [0.4, 0.5) is 5.69 Å². The number of fused-ring (bicyclic) bond motifs is 2. The number of nitrogens with zero attached hydrogens (tertiary/aromatic N) is 1. The standard InChI is InChI=1S/C13H17N.C6H12N2OS/c1-14-13-11-6-2-4-9(11)8-10-5-3-7-12(10)13;1-8-3-2-6(4-8)10-7-5-9/h8,14H,2-7H2,1H3;5-6H,2-4H2,1H3,(H,7,9). The number of anilines is 1. The van der Waals surface area contributed by atoms with Gasteiger partial charge in [-0.3, -0.25) is 4.79 Å². The summed E-state index contributed by atoms with van der Waals surface area (Å²) in [7, 11) is 4.17. The number of rotatable bonds is 4. The summed E-state index contributed by atoms with van der Waals surface area (Å²) in [5.74, 6) is 0. The molecule has 1 aliphatic heterocycles. The van der Waals surface area contributed by atoms with Crippen molar-refractivity contribution in [3.8, 4) is 0 Å². The Kier molecular flexibility index (Phi) is 6.06. The second-order valence-corrected chi connectivity index (χ2v) is 8.15. The Morgan fingerprint density at radius 1 is 1.17 bits per heavy atom. The molecule has 3 aliphatic rings. The van der Waals surface area contributed by atoms with Gasteiger partial charge in [-0.1, -0.05) is 6.07 Å². The summed E-state index contributed by atoms with van der Waals surface area (Å²) in [6, 6.07) is 2.48. The van der Waals surface area contributed by atoms with Crippen LogP contribution in [0.5, 0.6) is 0 Å². The molecule has 1 unspecified atom stereocenters. The van der Waals surface area contributed by atoms with Gasteiger partial charge in [0.1, 0.15) is 0 Å². The quantitative estimate of drug-likeness (QED) is 0.649. The number of benzene rings is 1. The Hall–Kier alpha value is -1.20. The largest absolute Gasteiger partial charge is 0.388 e. The fourth-order valence-corrected chi connectivity index (χ4v) is 5.03. The highest BCUT2D eigenvalue weighted by Crippen LogP contribution is 2.38. The smallest absolute Gasteiger partial charge is 0.216 e. The molecule has 4 rings (SSSR count). The molecular formula is C19H29N3OS. The van der Waals surface area contributed by atoms with Crippen molar-refractivity contribution >= 4 is 24.0 Å². The number of amides is 1. The van der Waals surface area contributed by atoms with Gasteiger partial charge in [-0.25, -0.2) is 0 Å². The predicted molar refractivity (Wildman–Crippen MR) is 103 cm³/mol. The zero-order chi connectivity index (χ0) is 16.9. The van der Waals surface area contributed by atoms with E-state index in [9.17, 15) is 4.79 Å². The number of likely N-dealkylation sites (tertiary alicyclic amines) is 1. The third-order valence-electron chi connectivity index (χ3n) is 5.35. The molecule has 0 spiro atoms. The van der Waals surface area contributed by atoms with Gasteiger partial charge in [0.25, 0.3) is 0 Å². The van der Waals surface area contributed by atoms with Crippen LogP contribution in [0, 0.1) is 0 Å². The summed E-state index contributed by atoms with van der Waals surface area (Å²) >= 11 is 1.53. The van der Waals surface area contributed by atoms with Crippen LogP contribution in [-0.4, -0.2) is 43.7 Å². The molecule has 1 amide bonds. The normalized spacial score (nSPS) is 21.7. The van der Waals surface area contributed by atoms with Gasteiger partial charge in [0.15, 0.2) is 0 Å². The van der Waals surface area contributed by atoms with Crippen molar-refractivity contribution < 1.29 is 4.79 Å². The van der Waals surface area contributed by atoms with Crippen LogP contribution in [0.2, 0.25) is 0 Å². The molecule has 0 radical (unpaired) electrons. The number of hydrogen-bond acceptors (Lipinski definition) is 4. The van der Waals surface area contributed by atoms with Gasteiger partial charge in [-0.05, 0) is 92.7 Å². The first-order chi connectivity index (χ1) is 11.7. The van der Waals surface area contributed by atoms with Crippen molar-refractivity contribution in [3.63, 3.8) is 0 Å². The van der Waals surface area contributed by atoms with Gasteiger partial charge in [-0.15, -0.1) is 0 Å². The van der Waals surface area contributed by atoms with Gasteiger partial charge in [0, 0.05) is 24.5 Å². The molecule has 2 aliphatic carbocycles. The Morgan fingerprint density at radius 3 is 2.33 bits per heavy atom. The first-order valence-electron chi connectivity index (χ1n) is 9.10. The average molecular weight is 348 g/mol. The van der Waals surface area contributed by atoms with E-state index < -0.39 is 0 Å². The van der Waals surface area contributed by atoms with Crippen molar-refractivity contribution in [2.24, 2.45) is 0 Å². The first-order valence-corrected chi connectivity index (χ1v) is 9.98. The predicted octanol–water partition coefficient (Wildman–Crippen LogP) is 2.79. The van der Waals surface area contributed by atoms with Crippen molar-refractivity contribution in [2.45, 2.75) is 50.2 Å². The first kappa shape index (κ1) is 17.6. The van der Waals surface area contributed by atoms with E-state index in [4.69, 9.17) is 0 Å². The molecule has 4 nitrogen and oxygen atoms in total. The maximum absolute atomic E-state index is 9.90. The lowest BCUT2D eigenvalue weighted by atomic mass is 9.99. The van der Waals surface area contributed by atoms with Gasteiger partial charge < -0.3 is 14.9 Å². The number of carbonyl (C=O) groups is 1. The second-order valence-electron chi connectivity index (χ2n) is 7.01. The number of carbonyl (C=O) groups excluding carboxylic acids is 1. The third kappa shape index (κ3) is 3.89. The summed E-state index contributed by atoms with van der Waals surface area (Å²) in [5.41, 5.74) is 7.96. The number of hydrogen-bond donors (Lipinski definition) is 2. The lowest BCUT2D eigenvalue weighted by molar-refractivity contribution is -0.107. The Balaban J connectivity index is 0.000000150. The summed E-state index contributed by atoms with van der Waals surface area (Å²) in [6.07, 6.45) is 9.82. The van der Waals surface area contributed by atoms with E-state index in [0.29, 0.717) is 5.25 Å². The molecule has 0 bridgehead atoms. The van der Waals surface area contributed by atoms with E-state index in [2.05, 4.69) is 35.1 Å². The highest BCUT2D eigenvalue weighted by Gasteiger charge is 2.23. The van der Waals surface area contributed by atoms with Crippen LogP contribution < -0.4 is 10.0 Å². The fourth-order valence-electron chi connectivity index (χ4n) is 4.23. The molecule has 1 saturated heterocycles. The molecule has 1 heterocycles. The Morgan fingerprint density at radius 2 is 1.83 bits per heavy atom. The van der Waals surface area contributed by atoms with Crippen LogP contribution in [0.15, 0.2) is 6.07 Å². The summed E-state index contributed by atoms with van der Waals surface area (Å²) in [5, 5.41) is 4.02. The summed E-state index contributed by atoms with van der Waals surface area (Å²) in [4.78, 5) is 12.2. The van der Waals surface area contributed by atoms with Gasteiger partial charge in [0.2, 0.25) is 6.41 Å². The molecular weight excluding hydrogens is 318 g/mol. The van der Waals surface area contributed by atoms with E-state index in [-0.39, 0.29) is 0 Å². The minimum absolute atomic E-state index is 0.593. The van der Waals surface area contributed by atoms with Crippen LogP contribution in [0.1, 0.15) is 41.5 Å². The third-order valence-corrected chi connectivity index (χ3v) is 6.30. The number of aryl methyl sites for hydroxylation is 2. The minimum Gasteiger partial charge on any atom is -0.388 e. The van der Waals surface area contributed by atoms with E-state index in [1.54, 1.807) is 22.3 Å². The SMILES string of the molecule is CN1CCC(SNC=O)C1.CNc1c2c(cc3c1CCC3)CCC2. The van der Waals surface area contributed by atoms with E-state index in [1.807, 2.05) is 0 Å². The van der Waals surface area contributed by atoms with Crippen LogP contribution in [0.3, 0.4) is 0 Å². The van der Waals surface area contributed by atoms with Crippen LogP contribution in [-0.2, 0) is 30.5 Å². The van der Waals surface area contributed by atoms with Gasteiger partial charge >= 0.3 is 0 Å². The molecule has 1 fully saturated rings. The number of nitrogens with one attached hydrogen (secondary N) is 2. The van der Waals surface area contributed by atoms with Crippen LogP contribution >= 0.6 is 11.9 Å². The Labute approximate surface area is 149 Å². The van der Waals surface area contributed by atoms with E-state index >= 15 is 0 Å². The zero-order valence-electron chi connectivity index (χ0n) is 14.9. The highest BCUT2D eigenvalue weighted by atomic mass is 32.2. The maximum Gasteiger partial charge on any atom is 0.216 e. The molecule has 0 saturated carbocycles. The monoisotopic (exact) mass is 347 g/mol. The molecule has 132 valence electrons. The molecule has 2 N–H and O–H groups in total. The Bertz CT molecular complexity index is 558. The minimum atomic E-state index is 0.593. The van der Waals surface area contributed by atoms with Gasteiger partial charge in [-0.2, -0.15) is 0 Å². The second kappa shape index (κ2) is 8.26. The molecule has 1 atom stereocenters. The zero-order valence-corrected chi connectivity index (χ0v) is 15.7. The molecule has 0 aromatic heterocycles. The highest BCUT2D eigenvalue weighted by molar-refractivity contribution is 7.98. The van der Waals surface area contributed by atoms with E-state index in [0.717, 1.165) is 19.5 Å². The van der Waals surface area contributed by atoms with Crippen LogP contribution in [0.25, 0.3) is 0 Å². The lowest BCUT2D eigenvalue weighted by Gasteiger charge is -2.14. The van der Waals surface area contributed by atoms with Crippen molar-refractivity contribution in [1.82, 2.24) is 9.62 Å². The molecule has 1 aromatic rings. The van der Waals surface area contributed by atoms with Crippen molar-refractivity contribution in [3.05, 3.63) is 28.3 Å². The maximum atomic E-state index is 9.90. The topological polar surface area (TPSA) is 44.4 Å².